The van der Waals surface area contributed by atoms with Gasteiger partial charge in [0.25, 0.3) is 0 Å². The van der Waals surface area contributed by atoms with Gasteiger partial charge in [-0.3, -0.25) is 9.59 Å². The van der Waals surface area contributed by atoms with Gasteiger partial charge in [0.05, 0.1) is 5.33 Å². The van der Waals surface area contributed by atoms with Crippen molar-refractivity contribution in [2.45, 2.75) is 6.42 Å². The molecule has 0 saturated heterocycles. The standard InChI is InChI=1S/C5H7BrNO2/c6-4-5(9)7-2-1-3-8/h1-2,4H2,(H,7,9). The maximum Gasteiger partial charge on any atom is 0.230 e. The molecule has 4 heteroatoms. The Morgan fingerprint density at radius 2 is 2.33 bits per heavy atom. The third-order valence-corrected chi connectivity index (χ3v) is 1.18. The maximum atomic E-state index is 10.4. The van der Waals surface area contributed by atoms with Crippen LogP contribution in [-0.4, -0.2) is 24.1 Å². The van der Waals surface area contributed by atoms with E-state index in [9.17, 15) is 9.59 Å². The van der Waals surface area contributed by atoms with Crippen molar-refractivity contribution in [1.29, 1.82) is 0 Å². The lowest BCUT2D eigenvalue weighted by molar-refractivity contribution is -0.118. The predicted octanol–water partition coefficient (Wildman–Crippen LogP) is -0.00270. The molecular formula is C5H7BrNO2. The van der Waals surface area contributed by atoms with E-state index in [1.165, 1.54) is 0 Å². The van der Waals surface area contributed by atoms with Crippen molar-refractivity contribution >= 4 is 28.1 Å². The number of carbonyl (C=O) groups is 1. The molecule has 1 N–H and O–H groups in total. The minimum Gasteiger partial charge on any atom is -0.355 e. The molecule has 0 heterocycles. The Labute approximate surface area is 61.9 Å². The van der Waals surface area contributed by atoms with Crippen LogP contribution in [0.15, 0.2) is 0 Å². The molecule has 1 radical (unpaired) electrons. The van der Waals surface area contributed by atoms with E-state index < -0.39 is 0 Å². The first-order valence-electron chi connectivity index (χ1n) is 2.49. The van der Waals surface area contributed by atoms with E-state index in [2.05, 4.69) is 21.2 Å². The summed E-state index contributed by atoms with van der Waals surface area (Å²) in [7, 11) is 0. The molecule has 0 aromatic heterocycles. The van der Waals surface area contributed by atoms with Gasteiger partial charge in [-0.05, 0) is 0 Å². The second-order valence-corrected chi connectivity index (χ2v) is 1.94. The van der Waals surface area contributed by atoms with Gasteiger partial charge in [0.1, 0.15) is 0 Å². The molecular weight excluding hydrogens is 186 g/mol. The molecule has 0 aromatic carbocycles. The lowest BCUT2D eigenvalue weighted by Crippen LogP contribution is -2.25. The van der Waals surface area contributed by atoms with E-state index in [0.717, 1.165) is 0 Å². The van der Waals surface area contributed by atoms with Crippen LogP contribution in [0.1, 0.15) is 6.42 Å². The molecule has 0 rings (SSSR count). The van der Waals surface area contributed by atoms with Gasteiger partial charge < -0.3 is 5.32 Å². The summed E-state index contributed by atoms with van der Waals surface area (Å²) in [6.45, 7) is 0.383. The van der Waals surface area contributed by atoms with E-state index >= 15 is 0 Å². The van der Waals surface area contributed by atoms with E-state index in [0.29, 0.717) is 6.54 Å². The fourth-order valence-corrected chi connectivity index (χ4v) is 0.498. The largest absolute Gasteiger partial charge is 0.355 e. The topological polar surface area (TPSA) is 46.2 Å². The van der Waals surface area contributed by atoms with E-state index in [4.69, 9.17) is 0 Å². The van der Waals surface area contributed by atoms with Crippen LogP contribution >= 0.6 is 15.9 Å². The summed E-state index contributed by atoms with van der Waals surface area (Å²) in [6, 6.07) is 0. The number of hydrogen-bond acceptors (Lipinski definition) is 2. The van der Waals surface area contributed by atoms with E-state index in [-0.39, 0.29) is 17.7 Å². The normalized spacial score (nSPS) is 8.56. The van der Waals surface area contributed by atoms with Crippen LogP contribution in [0.4, 0.5) is 0 Å². The van der Waals surface area contributed by atoms with Gasteiger partial charge >= 0.3 is 0 Å². The quantitative estimate of drug-likeness (QED) is 0.504. The van der Waals surface area contributed by atoms with Crippen molar-refractivity contribution in [3.63, 3.8) is 0 Å². The van der Waals surface area contributed by atoms with Crippen molar-refractivity contribution in [2.75, 3.05) is 11.9 Å². The average Bonchev–Trinajstić information content (AvgIpc) is 1.89. The predicted molar refractivity (Wildman–Crippen MR) is 37.1 cm³/mol. The Bertz CT molecular complexity index is 105. The number of alkyl halides is 1. The summed E-state index contributed by atoms with van der Waals surface area (Å²) in [5.74, 6) is -0.106. The van der Waals surface area contributed by atoms with Gasteiger partial charge in [-0.2, -0.15) is 0 Å². The van der Waals surface area contributed by atoms with Gasteiger partial charge in [-0.15, -0.1) is 0 Å². The van der Waals surface area contributed by atoms with E-state index in [1.54, 1.807) is 6.29 Å². The van der Waals surface area contributed by atoms with Gasteiger partial charge in [0.2, 0.25) is 5.91 Å². The van der Waals surface area contributed by atoms with Crippen LogP contribution < -0.4 is 5.32 Å². The smallest absolute Gasteiger partial charge is 0.230 e. The Morgan fingerprint density at radius 3 is 2.78 bits per heavy atom. The summed E-state index contributed by atoms with van der Waals surface area (Å²) in [4.78, 5) is 20.0. The van der Waals surface area contributed by atoms with Crippen molar-refractivity contribution in [1.82, 2.24) is 5.32 Å². The van der Waals surface area contributed by atoms with Gasteiger partial charge in [0, 0.05) is 13.0 Å². The summed E-state index contributed by atoms with van der Waals surface area (Å²) in [6.07, 6.45) is 1.93. The molecule has 0 bridgehead atoms. The molecule has 0 spiro atoms. The van der Waals surface area contributed by atoms with Crippen molar-refractivity contribution in [3.8, 4) is 0 Å². The van der Waals surface area contributed by atoms with Crippen molar-refractivity contribution < 1.29 is 9.59 Å². The first kappa shape index (κ1) is 8.62. The van der Waals surface area contributed by atoms with Crippen molar-refractivity contribution in [2.24, 2.45) is 0 Å². The lowest BCUT2D eigenvalue weighted by atomic mass is 10.5. The molecule has 3 nitrogen and oxygen atoms in total. The van der Waals surface area contributed by atoms with Crippen LogP contribution in [0, 0.1) is 0 Å². The maximum absolute atomic E-state index is 10.4. The number of amides is 1. The highest BCUT2D eigenvalue weighted by molar-refractivity contribution is 9.09. The minimum absolute atomic E-state index is 0.106. The number of hydrogen-bond donors (Lipinski definition) is 1. The highest BCUT2D eigenvalue weighted by Crippen LogP contribution is 1.77. The molecule has 1 amide bonds. The Morgan fingerprint density at radius 1 is 1.67 bits per heavy atom. The molecule has 0 saturated carbocycles. The zero-order valence-electron chi connectivity index (χ0n) is 4.82. The van der Waals surface area contributed by atoms with Crippen LogP contribution in [0.2, 0.25) is 0 Å². The van der Waals surface area contributed by atoms with Gasteiger partial charge in [-0.25, -0.2) is 0 Å². The van der Waals surface area contributed by atoms with Crippen LogP contribution in [-0.2, 0) is 9.59 Å². The fourth-order valence-electron chi connectivity index (χ4n) is 0.300. The number of rotatable bonds is 4. The molecule has 0 aliphatic heterocycles. The molecule has 0 unspecified atom stereocenters. The summed E-state index contributed by atoms with van der Waals surface area (Å²) < 4.78 is 0. The van der Waals surface area contributed by atoms with Crippen molar-refractivity contribution in [3.05, 3.63) is 0 Å². The monoisotopic (exact) mass is 192 g/mol. The van der Waals surface area contributed by atoms with Crippen LogP contribution in [0.3, 0.4) is 0 Å². The molecule has 0 atom stereocenters. The van der Waals surface area contributed by atoms with Gasteiger partial charge in [0.15, 0.2) is 6.29 Å². The van der Waals surface area contributed by atoms with E-state index in [1.807, 2.05) is 0 Å². The van der Waals surface area contributed by atoms with Crippen LogP contribution in [0.5, 0.6) is 0 Å². The molecule has 0 aliphatic carbocycles. The summed E-state index contributed by atoms with van der Waals surface area (Å²) in [5, 5.41) is 2.77. The Balaban J connectivity index is 3.06. The molecule has 51 valence electrons. The second-order valence-electron chi connectivity index (χ2n) is 1.38. The summed E-state index contributed by atoms with van der Waals surface area (Å²) >= 11 is 2.96. The molecule has 0 aliphatic rings. The highest BCUT2D eigenvalue weighted by atomic mass is 79.9. The first-order valence-corrected chi connectivity index (χ1v) is 3.61. The minimum atomic E-state index is -0.106. The summed E-state index contributed by atoms with van der Waals surface area (Å²) in [5.41, 5.74) is 0. The first-order chi connectivity index (χ1) is 4.31. The Hall–Kier alpha value is -0.380. The SMILES string of the molecule is O=[C]CCNC(=O)CBr. The zero-order valence-corrected chi connectivity index (χ0v) is 6.40. The van der Waals surface area contributed by atoms with Gasteiger partial charge in [-0.1, -0.05) is 15.9 Å². The lowest BCUT2D eigenvalue weighted by Gasteiger charge is -1.95. The second kappa shape index (κ2) is 5.75. The molecule has 0 aromatic rings. The Kier molecular flexibility index (Phi) is 5.51. The zero-order chi connectivity index (χ0) is 7.11. The molecule has 0 fully saturated rings. The number of nitrogens with one attached hydrogen (secondary N) is 1. The molecule has 9 heavy (non-hydrogen) atoms. The fraction of sp³-hybridized carbons (Fsp3) is 0.600. The average molecular weight is 193 g/mol. The number of carbonyl (C=O) groups excluding carboxylic acids is 2. The third kappa shape index (κ3) is 5.49. The third-order valence-electron chi connectivity index (χ3n) is 0.671. The number of halogens is 1. The highest BCUT2D eigenvalue weighted by Gasteiger charge is 1.93. The van der Waals surface area contributed by atoms with Crippen LogP contribution in [0.25, 0.3) is 0 Å².